The highest BCUT2D eigenvalue weighted by molar-refractivity contribution is 9.09. The van der Waals surface area contributed by atoms with Gasteiger partial charge in [0.15, 0.2) is 0 Å². The van der Waals surface area contributed by atoms with Crippen LogP contribution in [0.3, 0.4) is 0 Å². The lowest BCUT2D eigenvalue weighted by molar-refractivity contribution is -0.275. The Morgan fingerprint density at radius 1 is 1.33 bits per heavy atom. The number of hydrogen-bond donors (Lipinski definition) is 1. The summed E-state index contributed by atoms with van der Waals surface area (Å²) in [6.45, 7) is 0. The van der Waals surface area contributed by atoms with Crippen LogP contribution in [-0.4, -0.2) is 16.8 Å². The van der Waals surface area contributed by atoms with Crippen molar-refractivity contribution >= 4 is 15.9 Å². The van der Waals surface area contributed by atoms with Gasteiger partial charge in [0.25, 0.3) is 0 Å². The molecule has 1 aromatic rings. The van der Waals surface area contributed by atoms with Gasteiger partial charge in [-0.1, -0.05) is 34.1 Å². The summed E-state index contributed by atoms with van der Waals surface area (Å²) in [4.78, 5) is 0. The summed E-state index contributed by atoms with van der Waals surface area (Å²) in [6.07, 6.45) is -5.77. The molecule has 1 rings (SSSR count). The fraction of sp³-hybridized carbons (Fsp3) is 0.333. The van der Waals surface area contributed by atoms with Crippen LogP contribution in [0.25, 0.3) is 0 Å². The van der Waals surface area contributed by atoms with Crippen LogP contribution >= 0.6 is 15.9 Å². The second-order valence-corrected chi connectivity index (χ2v) is 3.40. The summed E-state index contributed by atoms with van der Waals surface area (Å²) in [7, 11) is 0. The molecule has 0 bridgehead atoms. The van der Waals surface area contributed by atoms with Gasteiger partial charge in [-0.2, -0.15) is 0 Å². The average Bonchev–Trinajstić information content (AvgIpc) is 2.15. The molecule has 1 N–H and O–H groups in total. The average molecular weight is 285 g/mol. The van der Waals surface area contributed by atoms with Gasteiger partial charge in [-0.3, -0.25) is 0 Å². The number of para-hydroxylation sites is 1. The number of benzene rings is 1. The van der Waals surface area contributed by atoms with Crippen molar-refractivity contribution in [3.05, 3.63) is 29.8 Å². The Bertz CT molecular complexity index is 327. The van der Waals surface area contributed by atoms with Crippen molar-refractivity contribution in [3.63, 3.8) is 0 Å². The van der Waals surface area contributed by atoms with Crippen molar-refractivity contribution < 1.29 is 23.0 Å². The lowest BCUT2D eigenvalue weighted by Crippen LogP contribution is -2.18. The molecule has 0 aliphatic heterocycles. The van der Waals surface area contributed by atoms with E-state index in [4.69, 9.17) is 0 Å². The van der Waals surface area contributed by atoms with Crippen molar-refractivity contribution in [2.45, 2.75) is 12.5 Å². The van der Waals surface area contributed by atoms with E-state index in [0.717, 1.165) is 6.07 Å². The van der Waals surface area contributed by atoms with E-state index in [-0.39, 0.29) is 16.6 Å². The van der Waals surface area contributed by atoms with E-state index < -0.39 is 12.5 Å². The SMILES string of the molecule is OC(CBr)c1ccccc1OC(F)(F)F. The summed E-state index contributed by atoms with van der Waals surface area (Å²) in [6, 6.07) is 5.48. The standard InChI is InChI=1S/C9H8BrF3O2/c10-5-7(14)6-3-1-2-4-8(6)15-9(11,12)13/h1-4,7,14H,5H2. The minimum Gasteiger partial charge on any atom is -0.405 e. The van der Waals surface area contributed by atoms with Gasteiger partial charge in [0, 0.05) is 10.9 Å². The number of halogens is 4. The first-order chi connectivity index (χ1) is 6.94. The molecule has 0 aliphatic rings. The molecule has 0 heterocycles. The molecule has 0 aromatic heterocycles. The smallest absolute Gasteiger partial charge is 0.405 e. The van der Waals surface area contributed by atoms with Gasteiger partial charge in [-0.05, 0) is 6.07 Å². The van der Waals surface area contributed by atoms with Gasteiger partial charge in [-0.15, -0.1) is 13.2 Å². The van der Waals surface area contributed by atoms with E-state index in [0.29, 0.717) is 0 Å². The maximum absolute atomic E-state index is 12.0. The molecule has 0 spiro atoms. The molecule has 1 aromatic carbocycles. The molecular weight excluding hydrogens is 277 g/mol. The quantitative estimate of drug-likeness (QED) is 0.865. The molecule has 2 nitrogen and oxygen atoms in total. The molecule has 1 unspecified atom stereocenters. The number of rotatable bonds is 3. The maximum atomic E-state index is 12.0. The third-order valence-electron chi connectivity index (χ3n) is 1.65. The highest BCUT2D eigenvalue weighted by atomic mass is 79.9. The first-order valence-electron chi connectivity index (χ1n) is 4.02. The Kier molecular flexibility index (Phi) is 3.98. The Balaban J connectivity index is 2.96. The minimum atomic E-state index is -4.75. The molecule has 84 valence electrons. The van der Waals surface area contributed by atoms with E-state index in [1.165, 1.54) is 18.2 Å². The van der Waals surface area contributed by atoms with E-state index in [1.54, 1.807) is 0 Å². The van der Waals surface area contributed by atoms with Crippen LogP contribution in [0.1, 0.15) is 11.7 Å². The molecule has 6 heteroatoms. The van der Waals surface area contributed by atoms with Gasteiger partial charge in [0.05, 0.1) is 6.10 Å². The number of alkyl halides is 4. The molecule has 0 aliphatic carbocycles. The zero-order valence-corrected chi connectivity index (χ0v) is 9.05. The molecule has 1 atom stereocenters. The molecule has 0 radical (unpaired) electrons. The first kappa shape index (κ1) is 12.3. The van der Waals surface area contributed by atoms with Crippen molar-refractivity contribution in [1.29, 1.82) is 0 Å². The monoisotopic (exact) mass is 284 g/mol. The van der Waals surface area contributed by atoms with Crippen LogP contribution in [0, 0.1) is 0 Å². The molecule has 0 fully saturated rings. The highest BCUT2D eigenvalue weighted by Gasteiger charge is 2.32. The van der Waals surface area contributed by atoms with Gasteiger partial charge in [0.1, 0.15) is 5.75 Å². The number of ether oxygens (including phenoxy) is 1. The van der Waals surface area contributed by atoms with Crippen molar-refractivity contribution in [3.8, 4) is 5.75 Å². The van der Waals surface area contributed by atoms with Crippen LogP contribution in [-0.2, 0) is 0 Å². The summed E-state index contributed by atoms with van der Waals surface area (Å²) in [5, 5.41) is 9.56. The zero-order chi connectivity index (χ0) is 11.5. The lowest BCUT2D eigenvalue weighted by Gasteiger charge is -2.15. The van der Waals surface area contributed by atoms with Crippen LogP contribution in [0.2, 0.25) is 0 Å². The van der Waals surface area contributed by atoms with Gasteiger partial charge in [0.2, 0.25) is 0 Å². The van der Waals surface area contributed by atoms with Crippen molar-refractivity contribution in [1.82, 2.24) is 0 Å². The predicted molar refractivity (Wildman–Crippen MR) is 51.9 cm³/mol. The Labute approximate surface area is 92.8 Å². The van der Waals surface area contributed by atoms with Crippen molar-refractivity contribution in [2.24, 2.45) is 0 Å². The maximum Gasteiger partial charge on any atom is 0.573 e. The molecule has 15 heavy (non-hydrogen) atoms. The zero-order valence-electron chi connectivity index (χ0n) is 7.46. The summed E-state index contributed by atoms with van der Waals surface area (Å²) in [5.41, 5.74) is 0.103. The highest BCUT2D eigenvalue weighted by Crippen LogP contribution is 2.30. The Morgan fingerprint density at radius 2 is 1.93 bits per heavy atom. The molecule has 0 saturated carbocycles. The summed E-state index contributed by atoms with van der Waals surface area (Å²) < 4.78 is 39.7. The van der Waals surface area contributed by atoms with E-state index in [1.807, 2.05) is 0 Å². The Morgan fingerprint density at radius 3 is 2.47 bits per heavy atom. The largest absolute Gasteiger partial charge is 0.573 e. The molecular formula is C9H8BrF3O2. The van der Waals surface area contributed by atoms with Gasteiger partial charge >= 0.3 is 6.36 Å². The number of aliphatic hydroxyl groups is 1. The van der Waals surface area contributed by atoms with Gasteiger partial charge < -0.3 is 9.84 Å². The topological polar surface area (TPSA) is 29.5 Å². The normalized spacial score (nSPS) is 13.7. The Hall–Kier alpha value is -0.750. The van der Waals surface area contributed by atoms with Gasteiger partial charge in [-0.25, -0.2) is 0 Å². The van der Waals surface area contributed by atoms with E-state index in [9.17, 15) is 18.3 Å². The second-order valence-electron chi connectivity index (χ2n) is 2.76. The third kappa shape index (κ3) is 3.71. The van der Waals surface area contributed by atoms with Crippen LogP contribution in [0.5, 0.6) is 5.75 Å². The minimum absolute atomic E-state index is 0.103. The first-order valence-corrected chi connectivity index (χ1v) is 5.15. The molecule has 0 amide bonds. The lowest BCUT2D eigenvalue weighted by atomic mass is 10.1. The fourth-order valence-electron chi connectivity index (χ4n) is 1.06. The van der Waals surface area contributed by atoms with E-state index in [2.05, 4.69) is 20.7 Å². The second kappa shape index (κ2) is 4.85. The number of aliphatic hydroxyl groups excluding tert-OH is 1. The van der Waals surface area contributed by atoms with E-state index >= 15 is 0 Å². The summed E-state index contributed by atoms with van der Waals surface area (Å²) in [5.74, 6) is -0.378. The van der Waals surface area contributed by atoms with Crippen molar-refractivity contribution in [2.75, 3.05) is 5.33 Å². The fourth-order valence-corrected chi connectivity index (χ4v) is 1.41. The third-order valence-corrected chi connectivity index (χ3v) is 2.26. The van der Waals surface area contributed by atoms with Crippen LogP contribution < -0.4 is 4.74 Å². The van der Waals surface area contributed by atoms with Crippen LogP contribution in [0.4, 0.5) is 13.2 Å². The number of hydrogen-bond acceptors (Lipinski definition) is 2. The van der Waals surface area contributed by atoms with Crippen LogP contribution in [0.15, 0.2) is 24.3 Å². The molecule has 0 saturated heterocycles. The summed E-state index contributed by atoms with van der Waals surface area (Å²) >= 11 is 2.98. The predicted octanol–water partition coefficient (Wildman–Crippen LogP) is 3.01.